The summed E-state index contributed by atoms with van der Waals surface area (Å²) in [5, 5.41) is 18.2. The van der Waals surface area contributed by atoms with Gasteiger partial charge in [-0.25, -0.2) is 9.18 Å². The fraction of sp³-hybridized carbons (Fsp3) is 0.111. The van der Waals surface area contributed by atoms with Crippen molar-refractivity contribution in [2.75, 3.05) is 13.2 Å². The number of halogens is 2. The Hall–Kier alpha value is -3.04. The molecule has 0 aliphatic rings. The smallest absolute Gasteiger partial charge is 0.346 e. The molecule has 0 amide bonds. The molecular formula is C18H13ClFNO4. The second kappa shape index (κ2) is 8.71. The molecule has 2 rings (SSSR count). The van der Waals surface area contributed by atoms with Crippen LogP contribution in [0.3, 0.4) is 0 Å². The average Bonchev–Trinajstić information content (AvgIpc) is 2.59. The number of carboxylic acids is 1. The number of hydrogen-bond acceptors (Lipinski definition) is 4. The maximum atomic E-state index is 12.8. The van der Waals surface area contributed by atoms with Crippen LogP contribution in [0.25, 0.3) is 6.08 Å². The Morgan fingerprint density at radius 2 is 1.88 bits per heavy atom. The zero-order valence-corrected chi connectivity index (χ0v) is 13.7. The third-order valence-electron chi connectivity index (χ3n) is 3.05. The van der Waals surface area contributed by atoms with Crippen LogP contribution in [0.2, 0.25) is 5.02 Å². The number of benzene rings is 2. The summed E-state index contributed by atoms with van der Waals surface area (Å²) in [6, 6.07) is 11.8. The minimum atomic E-state index is -1.34. The van der Waals surface area contributed by atoms with Crippen LogP contribution in [0.1, 0.15) is 5.56 Å². The molecule has 0 radical (unpaired) electrons. The molecule has 0 saturated carbocycles. The summed E-state index contributed by atoms with van der Waals surface area (Å²) in [7, 11) is 0. The van der Waals surface area contributed by atoms with Gasteiger partial charge in [-0.2, -0.15) is 5.26 Å². The van der Waals surface area contributed by atoms with Gasteiger partial charge in [0.05, 0.1) is 0 Å². The van der Waals surface area contributed by atoms with Crippen molar-refractivity contribution in [2.45, 2.75) is 0 Å². The number of rotatable bonds is 7. The number of ether oxygens (including phenoxy) is 2. The molecule has 0 unspecified atom stereocenters. The highest BCUT2D eigenvalue weighted by molar-refractivity contribution is 6.30. The van der Waals surface area contributed by atoms with Gasteiger partial charge < -0.3 is 14.6 Å². The molecule has 7 heteroatoms. The van der Waals surface area contributed by atoms with Crippen LogP contribution in [0.5, 0.6) is 11.5 Å². The topological polar surface area (TPSA) is 79.5 Å². The molecular weight excluding hydrogens is 349 g/mol. The van der Waals surface area contributed by atoms with Crippen molar-refractivity contribution in [2.24, 2.45) is 0 Å². The van der Waals surface area contributed by atoms with Crippen molar-refractivity contribution >= 4 is 23.6 Å². The van der Waals surface area contributed by atoms with Crippen molar-refractivity contribution in [3.8, 4) is 17.6 Å². The fourth-order valence-corrected chi connectivity index (χ4v) is 2.08. The van der Waals surface area contributed by atoms with E-state index in [1.165, 1.54) is 36.4 Å². The van der Waals surface area contributed by atoms with E-state index in [1.54, 1.807) is 18.2 Å². The standard InChI is InChI=1S/C18H13ClFNO4/c19-14-1-6-17(12(10-14)9-13(11-21)18(22)23)25-8-7-24-16-4-2-15(20)3-5-16/h1-6,9-10H,7-8H2,(H,22,23). The van der Waals surface area contributed by atoms with Crippen molar-refractivity contribution in [3.63, 3.8) is 0 Å². The van der Waals surface area contributed by atoms with Crippen LogP contribution in [0.15, 0.2) is 48.0 Å². The number of aliphatic carboxylic acids is 1. The van der Waals surface area contributed by atoms with Gasteiger partial charge in [0.25, 0.3) is 0 Å². The van der Waals surface area contributed by atoms with E-state index in [0.29, 0.717) is 22.1 Å². The molecule has 0 saturated heterocycles. The van der Waals surface area contributed by atoms with Crippen LogP contribution >= 0.6 is 11.6 Å². The summed E-state index contributed by atoms with van der Waals surface area (Å²) in [5.74, 6) is -0.832. The summed E-state index contributed by atoms with van der Waals surface area (Å²) in [5.41, 5.74) is -0.0667. The van der Waals surface area contributed by atoms with Gasteiger partial charge in [-0.3, -0.25) is 0 Å². The molecule has 5 nitrogen and oxygen atoms in total. The summed E-state index contributed by atoms with van der Waals surface area (Å²) in [6.45, 7) is 0.357. The normalized spacial score (nSPS) is 10.8. The van der Waals surface area contributed by atoms with E-state index >= 15 is 0 Å². The number of nitriles is 1. The van der Waals surface area contributed by atoms with Gasteiger partial charge in [0.1, 0.15) is 42.2 Å². The lowest BCUT2D eigenvalue weighted by atomic mass is 10.1. The molecule has 0 aromatic heterocycles. The summed E-state index contributed by atoms with van der Waals surface area (Å²) in [4.78, 5) is 11.0. The van der Waals surface area contributed by atoms with Gasteiger partial charge in [-0.1, -0.05) is 11.6 Å². The Balaban J connectivity index is 2.03. The van der Waals surface area contributed by atoms with Gasteiger partial charge >= 0.3 is 5.97 Å². The monoisotopic (exact) mass is 361 g/mol. The quantitative estimate of drug-likeness (QED) is 0.459. The zero-order valence-electron chi connectivity index (χ0n) is 12.9. The lowest BCUT2D eigenvalue weighted by molar-refractivity contribution is -0.132. The van der Waals surface area contributed by atoms with E-state index < -0.39 is 11.5 Å². The Kier molecular flexibility index (Phi) is 6.38. The third-order valence-corrected chi connectivity index (χ3v) is 3.28. The molecule has 0 heterocycles. The molecule has 0 bridgehead atoms. The molecule has 25 heavy (non-hydrogen) atoms. The number of hydrogen-bond donors (Lipinski definition) is 1. The van der Waals surface area contributed by atoms with Crippen molar-refractivity contribution < 1.29 is 23.8 Å². The van der Waals surface area contributed by atoms with Crippen LogP contribution in [0.4, 0.5) is 4.39 Å². The van der Waals surface area contributed by atoms with Crippen molar-refractivity contribution in [1.82, 2.24) is 0 Å². The summed E-state index contributed by atoms with van der Waals surface area (Å²) < 4.78 is 23.8. The van der Waals surface area contributed by atoms with E-state index in [4.69, 9.17) is 31.4 Å². The highest BCUT2D eigenvalue weighted by Crippen LogP contribution is 2.25. The first-order chi connectivity index (χ1) is 12.0. The van der Waals surface area contributed by atoms with Gasteiger partial charge in [-0.15, -0.1) is 0 Å². The molecule has 0 aliphatic heterocycles. The maximum Gasteiger partial charge on any atom is 0.346 e. The lowest BCUT2D eigenvalue weighted by Crippen LogP contribution is -2.09. The fourth-order valence-electron chi connectivity index (χ4n) is 1.90. The predicted molar refractivity (Wildman–Crippen MR) is 90.1 cm³/mol. The second-order valence-electron chi connectivity index (χ2n) is 4.81. The Bertz CT molecular complexity index is 828. The SMILES string of the molecule is N#CC(=Cc1cc(Cl)ccc1OCCOc1ccc(F)cc1)C(=O)O. The average molecular weight is 362 g/mol. The van der Waals surface area contributed by atoms with E-state index in [0.717, 1.165) is 0 Å². The molecule has 2 aromatic rings. The van der Waals surface area contributed by atoms with Gasteiger partial charge in [0.2, 0.25) is 0 Å². The van der Waals surface area contributed by atoms with Crippen LogP contribution in [0, 0.1) is 17.1 Å². The van der Waals surface area contributed by atoms with E-state index in [-0.39, 0.29) is 19.0 Å². The van der Waals surface area contributed by atoms with E-state index in [2.05, 4.69) is 0 Å². The molecule has 0 aliphatic carbocycles. The molecule has 0 atom stereocenters. The largest absolute Gasteiger partial charge is 0.490 e. The van der Waals surface area contributed by atoms with Crippen molar-refractivity contribution in [1.29, 1.82) is 5.26 Å². The number of carboxylic acid groups (broad SMARTS) is 1. The Morgan fingerprint density at radius 1 is 1.20 bits per heavy atom. The first kappa shape index (κ1) is 18.3. The van der Waals surface area contributed by atoms with Crippen LogP contribution < -0.4 is 9.47 Å². The number of nitrogens with zero attached hydrogens (tertiary/aromatic N) is 1. The highest BCUT2D eigenvalue weighted by Gasteiger charge is 2.10. The molecule has 1 N–H and O–H groups in total. The minimum absolute atomic E-state index is 0.162. The molecule has 2 aromatic carbocycles. The summed E-state index contributed by atoms with van der Waals surface area (Å²) in [6.07, 6.45) is 1.18. The van der Waals surface area contributed by atoms with Gasteiger partial charge in [0, 0.05) is 10.6 Å². The second-order valence-corrected chi connectivity index (χ2v) is 5.24. The number of carbonyl (C=O) groups is 1. The first-order valence-corrected chi connectivity index (χ1v) is 7.53. The molecule has 0 spiro atoms. The Labute approximate surface area is 148 Å². The molecule has 0 fully saturated rings. The first-order valence-electron chi connectivity index (χ1n) is 7.15. The zero-order chi connectivity index (χ0) is 18.2. The Morgan fingerprint density at radius 3 is 2.52 bits per heavy atom. The van der Waals surface area contributed by atoms with E-state index in [9.17, 15) is 9.18 Å². The molecule has 128 valence electrons. The van der Waals surface area contributed by atoms with Gasteiger partial charge in [0.15, 0.2) is 0 Å². The summed E-state index contributed by atoms with van der Waals surface area (Å²) >= 11 is 5.91. The minimum Gasteiger partial charge on any atom is -0.490 e. The lowest BCUT2D eigenvalue weighted by Gasteiger charge is -2.11. The van der Waals surface area contributed by atoms with Crippen molar-refractivity contribution in [3.05, 3.63) is 64.4 Å². The maximum absolute atomic E-state index is 12.8. The van der Waals surface area contributed by atoms with E-state index in [1.807, 2.05) is 0 Å². The van der Waals surface area contributed by atoms with Gasteiger partial charge in [-0.05, 0) is 48.5 Å². The highest BCUT2D eigenvalue weighted by atomic mass is 35.5. The van der Waals surface area contributed by atoms with Crippen LogP contribution in [-0.4, -0.2) is 24.3 Å². The third kappa shape index (κ3) is 5.52. The predicted octanol–water partition coefficient (Wildman–Crippen LogP) is 3.93. The van der Waals surface area contributed by atoms with Crippen LogP contribution in [-0.2, 0) is 4.79 Å².